The highest BCUT2D eigenvalue weighted by Gasteiger charge is 2.17. The Hall–Kier alpha value is -1.22. The number of hydrogen-bond acceptors (Lipinski definition) is 2. The molecule has 0 saturated carbocycles. The molecule has 18 heavy (non-hydrogen) atoms. The molecule has 0 radical (unpaired) electrons. The number of halogens is 1. The van der Waals surface area contributed by atoms with Gasteiger partial charge < -0.3 is 10.2 Å². The molecular weight excluding hydrogens is 248 g/mol. The van der Waals surface area contributed by atoms with Gasteiger partial charge in [-0.2, -0.15) is 0 Å². The highest BCUT2D eigenvalue weighted by molar-refractivity contribution is 6.33. The Bertz CT molecular complexity index is 428. The van der Waals surface area contributed by atoms with Gasteiger partial charge in [-0.05, 0) is 37.5 Å². The molecule has 1 N–H and O–H groups in total. The fraction of sp³-hybridized carbons (Fsp3) is 0.500. The van der Waals surface area contributed by atoms with E-state index in [0.29, 0.717) is 12.1 Å². The summed E-state index contributed by atoms with van der Waals surface area (Å²) < 4.78 is 0. The Balaban J connectivity index is 2.17. The van der Waals surface area contributed by atoms with Crippen molar-refractivity contribution < 1.29 is 4.79 Å². The summed E-state index contributed by atoms with van der Waals surface area (Å²) in [6.07, 6.45) is 3.34. The predicted octanol–water partition coefficient (Wildman–Crippen LogP) is 3.08. The number of nitrogens with zero attached hydrogens (tertiary/aromatic N) is 1. The Labute approximate surface area is 113 Å². The summed E-state index contributed by atoms with van der Waals surface area (Å²) >= 11 is 6.21. The summed E-state index contributed by atoms with van der Waals surface area (Å²) in [5, 5.41) is 3.61. The molecule has 1 aromatic carbocycles. The van der Waals surface area contributed by atoms with E-state index >= 15 is 0 Å². The highest BCUT2D eigenvalue weighted by atomic mass is 35.5. The van der Waals surface area contributed by atoms with Crippen LogP contribution < -0.4 is 10.2 Å². The van der Waals surface area contributed by atoms with Crippen LogP contribution in [0.4, 0.5) is 5.69 Å². The second kappa shape index (κ2) is 6.10. The summed E-state index contributed by atoms with van der Waals surface area (Å²) in [5.74, 6) is -0.0195. The van der Waals surface area contributed by atoms with E-state index in [1.165, 1.54) is 12.8 Å². The van der Waals surface area contributed by atoms with Crippen LogP contribution in [0.25, 0.3) is 0 Å². The van der Waals surface area contributed by atoms with E-state index in [9.17, 15) is 4.79 Å². The van der Waals surface area contributed by atoms with Gasteiger partial charge in [0.15, 0.2) is 0 Å². The second-order valence-electron chi connectivity index (χ2n) is 4.62. The van der Waals surface area contributed by atoms with E-state index in [-0.39, 0.29) is 5.91 Å². The molecule has 1 fully saturated rings. The first-order valence-corrected chi connectivity index (χ1v) is 6.93. The molecule has 0 atom stereocenters. The fourth-order valence-electron chi connectivity index (χ4n) is 2.19. The lowest BCUT2D eigenvalue weighted by Gasteiger charge is -2.19. The van der Waals surface area contributed by atoms with Crippen LogP contribution in [0.2, 0.25) is 5.02 Å². The second-order valence-corrected chi connectivity index (χ2v) is 5.02. The van der Waals surface area contributed by atoms with Gasteiger partial charge in [-0.15, -0.1) is 0 Å². The van der Waals surface area contributed by atoms with E-state index in [2.05, 4.69) is 10.2 Å². The Kier molecular flexibility index (Phi) is 4.48. The first-order chi connectivity index (χ1) is 8.72. The minimum Gasteiger partial charge on any atom is -0.370 e. The number of rotatable bonds is 4. The van der Waals surface area contributed by atoms with Gasteiger partial charge >= 0.3 is 0 Å². The lowest BCUT2D eigenvalue weighted by molar-refractivity contribution is 0.0953. The Morgan fingerprint density at radius 1 is 1.39 bits per heavy atom. The molecule has 1 amide bonds. The minimum atomic E-state index is -0.0195. The zero-order valence-electron chi connectivity index (χ0n) is 10.7. The third-order valence-electron chi connectivity index (χ3n) is 3.19. The average molecular weight is 267 g/mol. The molecule has 1 aliphatic heterocycles. The highest BCUT2D eigenvalue weighted by Crippen LogP contribution is 2.29. The van der Waals surface area contributed by atoms with Gasteiger partial charge in [-0.25, -0.2) is 0 Å². The smallest absolute Gasteiger partial charge is 0.251 e. The van der Waals surface area contributed by atoms with Crippen molar-refractivity contribution in [2.45, 2.75) is 26.2 Å². The maximum Gasteiger partial charge on any atom is 0.251 e. The van der Waals surface area contributed by atoms with Crippen LogP contribution >= 0.6 is 11.6 Å². The summed E-state index contributed by atoms with van der Waals surface area (Å²) in [6.45, 7) is 4.80. The third kappa shape index (κ3) is 2.96. The SMILES string of the molecule is CCCNC(=O)c1ccc(Cl)c(N2CCCC2)c1. The fourth-order valence-corrected chi connectivity index (χ4v) is 2.43. The molecule has 98 valence electrons. The Morgan fingerprint density at radius 2 is 2.11 bits per heavy atom. The zero-order chi connectivity index (χ0) is 13.0. The van der Waals surface area contributed by atoms with Crippen LogP contribution in [-0.4, -0.2) is 25.5 Å². The first kappa shape index (κ1) is 13.2. The van der Waals surface area contributed by atoms with Crippen molar-refractivity contribution in [1.29, 1.82) is 0 Å². The lowest BCUT2D eigenvalue weighted by Crippen LogP contribution is -2.25. The molecule has 0 aromatic heterocycles. The largest absolute Gasteiger partial charge is 0.370 e. The van der Waals surface area contributed by atoms with Crippen LogP contribution in [0.1, 0.15) is 36.5 Å². The van der Waals surface area contributed by atoms with Crippen LogP contribution in [0.15, 0.2) is 18.2 Å². The summed E-state index contributed by atoms with van der Waals surface area (Å²) in [5.41, 5.74) is 1.67. The van der Waals surface area contributed by atoms with E-state index in [0.717, 1.165) is 30.2 Å². The van der Waals surface area contributed by atoms with Gasteiger partial charge in [0.05, 0.1) is 10.7 Å². The number of benzene rings is 1. The number of hydrogen-bond donors (Lipinski definition) is 1. The molecule has 0 bridgehead atoms. The van der Waals surface area contributed by atoms with Gasteiger partial charge in [-0.3, -0.25) is 4.79 Å². The van der Waals surface area contributed by atoms with Gasteiger partial charge in [0.2, 0.25) is 0 Å². The average Bonchev–Trinajstić information content (AvgIpc) is 2.90. The van der Waals surface area contributed by atoms with Crippen LogP contribution in [0.3, 0.4) is 0 Å². The van der Waals surface area contributed by atoms with Crippen molar-refractivity contribution in [1.82, 2.24) is 5.32 Å². The molecule has 1 heterocycles. The summed E-state index contributed by atoms with van der Waals surface area (Å²) in [6, 6.07) is 5.50. The van der Waals surface area contributed by atoms with Crippen molar-refractivity contribution in [3.05, 3.63) is 28.8 Å². The molecular formula is C14H19ClN2O. The van der Waals surface area contributed by atoms with Crippen molar-refractivity contribution in [3.63, 3.8) is 0 Å². The molecule has 4 heteroatoms. The van der Waals surface area contributed by atoms with E-state index in [4.69, 9.17) is 11.6 Å². The maximum absolute atomic E-state index is 11.9. The number of carbonyl (C=O) groups is 1. The van der Waals surface area contributed by atoms with Gasteiger partial charge in [0.1, 0.15) is 0 Å². The van der Waals surface area contributed by atoms with Crippen LogP contribution in [-0.2, 0) is 0 Å². The molecule has 0 unspecified atom stereocenters. The summed E-state index contributed by atoms with van der Waals surface area (Å²) in [7, 11) is 0. The zero-order valence-corrected chi connectivity index (χ0v) is 11.5. The van der Waals surface area contributed by atoms with Gasteiger partial charge in [0.25, 0.3) is 5.91 Å². The normalized spacial score (nSPS) is 14.9. The van der Waals surface area contributed by atoms with E-state index in [1.54, 1.807) is 6.07 Å². The lowest BCUT2D eigenvalue weighted by atomic mass is 10.1. The number of nitrogens with one attached hydrogen (secondary N) is 1. The standard InChI is InChI=1S/C14H19ClN2O/c1-2-7-16-14(18)11-5-6-12(15)13(10-11)17-8-3-4-9-17/h5-6,10H,2-4,7-9H2,1H3,(H,16,18). The molecule has 1 aliphatic rings. The molecule has 0 aliphatic carbocycles. The number of amides is 1. The minimum absolute atomic E-state index is 0.0195. The monoisotopic (exact) mass is 266 g/mol. The van der Waals surface area contributed by atoms with Gasteiger partial charge in [-0.1, -0.05) is 18.5 Å². The summed E-state index contributed by atoms with van der Waals surface area (Å²) in [4.78, 5) is 14.2. The quantitative estimate of drug-likeness (QED) is 0.908. The molecule has 2 rings (SSSR count). The van der Waals surface area contributed by atoms with E-state index < -0.39 is 0 Å². The molecule has 1 saturated heterocycles. The molecule has 3 nitrogen and oxygen atoms in total. The van der Waals surface area contributed by atoms with Crippen LogP contribution in [0.5, 0.6) is 0 Å². The van der Waals surface area contributed by atoms with Crippen molar-refractivity contribution >= 4 is 23.2 Å². The van der Waals surface area contributed by atoms with Crippen molar-refractivity contribution in [2.24, 2.45) is 0 Å². The first-order valence-electron chi connectivity index (χ1n) is 6.55. The van der Waals surface area contributed by atoms with Crippen molar-refractivity contribution in [3.8, 4) is 0 Å². The van der Waals surface area contributed by atoms with Gasteiger partial charge in [0, 0.05) is 25.2 Å². The third-order valence-corrected chi connectivity index (χ3v) is 3.51. The number of anilines is 1. The maximum atomic E-state index is 11.9. The van der Waals surface area contributed by atoms with E-state index in [1.807, 2.05) is 19.1 Å². The number of carbonyl (C=O) groups excluding carboxylic acids is 1. The predicted molar refractivity (Wildman–Crippen MR) is 75.5 cm³/mol. The van der Waals surface area contributed by atoms with Crippen LogP contribution in [0, 0.1) is 0 Å². The van der Waals surface area contributed by atoms with Crippen molar-refractivity contribution in [2.75, 3.05) is 24.5 Å². The molecule has 1 aromatic rings. The topological polar surface area (TPSA) is 32.3 Å². The molecule has 0 spiro atoms. The Morgan fingerprint density at radius 3 is 2.78 bits per heavy atom.